The molecule has 4 aromatic rings. The number of hydrogen-bond acceptors (Lipinski definition) is 5. The van der Waals surface area contributed by atoms with E-state index in [4.69, 9.17) is 0 Å². The summed E-state index contributed by atoms with van der Waals surface area (Å²) in [6.07, 6.45) is 0.407. The number of halogens is 2. The molecule has 1 atom stereocenters. The van der Waals surface area contributed by atoms with Crippen LogP contribution in [-0.2, 0) is 9.84 Å². The molecule has 5 rings (SSSR count). The maximum atomic E-state index is 14.7. The van der Waals surface area contributed by atoms with E-state index in [9.17, 15) is 17.6 Å². The van der Waals surface area contributed by atoms with Crippen LogP contribution in [0.4, 0.5) is 10.1 Å². The topological polar surface area (TPSA) is 93.9 Å². The Bertz CT molecular complexity index is 1530. The molecule has 0 spiro atoms. The number of rotatable bonds is 4. The van der Waals surface area contributed by atoms with Crippen molar-refractivity contribution in [3.63, 3.8) is 0 Å². The van der Waals surface area contributed by atoms with Crippen LogP contribution in [0.2, 0.25) is 0 Å². The first-order chi connectivity index (χ1) is 16.2. The SMILES string of the molecule is Cc1nn(C2CCS(=O)(=O)C2)c2nc(-c3ccccc3F)cc(C(=O)Nc3ccc(Br)cc3)c12. The highest BCUT2D eigenvalue weighted by atomic mass is 79.9. The lowest BCUT2D eigenvalue weighted by atomic mass is 10.0. The van der Waals surface area contributed by atoms with Crippen molar-refractivity contribution in [3.05, 3.63) is 76.1 Å². The number of sulfone groups is 1. The minimum Gasteiger partial charge on any atom is -0.322 e. The van der Waals surface area contributed by atoms with Gasteiger partial charge >= 0.3 is 0 Å². The van der Waals surface area contributed by atoms with E-state index in [-0.39, 0.29) is 28.3 Å². The molecule has 1 amide bonds. The lowest BCUT2D eigenvalue weighted by molar-refractivity contribution is 0.102. The standard InChI is InChI=1S/C24H20BrFN4O3S/c1-14-22-19(24(31)27-16-8-6-15(25)7-9-16)12-21(18-4-2-3-5-20(18)26)28-23(22)30(29-14)17-10-11-34(32,33)13-17/h2-9,12,17H,10-11,13H2,1H3,(H,27,31). The van der Waals surface area contributed by atoms with Crippen LogP contribution in [0.5, 0.6) is 0 Å². The van der Waals surface area contributed by atoms with E-state index >= 15 is 0 Å². The van der Waals surface area contributed by atoms with Gasteiger partial charge in [-0.05, 0) is 55.8 Å². The summed E-state index contributed by atoms with van der Waals surface area (Å²) in [5, 5.41) is 7.95. The number of fused-ring (bicyclic) bond motifs is 1. The van der Waals surface area contributed by atoms with Crippen LogP contribution in [0.1, 0.15) is 28.5 Å². The molecule has 34 heavy (non-hydrogen) atoms. The molecule has 3 heterocycles. The van der Waals surface area contributed by atoms with Crippen molar-refractivity contribution in [2.45, 2.75) is 19.4 Å². The molecule has 1 aliphatic heterocycles. The van der Waals surface area contributed by atoms with Crippen LogP contribution < -0.4 is 5.32 Å². The normalized spacial score (nSPS) is 17.2. The molecule has 0 aliphatic carbocycles. The summed E-state index contributed by atoms with van der Waals surface area (Å²) in [6.45, 7) is 1.75. The van der Waals surface area contributed by atoms with Gasteiger partial charge < -0.3 is 5.32 Å². The number of amides is 1. The minimum absolute atomic E-state index is 0.0464. The van der Waals surface area contributed by atoms with E-state index in [0.29, 0.717) is 28.8 Å². The summed E-state index contributed by atoms with van der Waals surface area (Å²) in [6, 6.07) is 14.5. The zero-order valence-corrected chi connectivity index (χ0v) is 20.5. The maximum Gasteiger partial charge on any atom is 0.256 e. The van der Waals surface area contributed by atoms with Crippen molar-refractivity contribution in [1.82, 2.24) is 14.8 Å². The van der Waals surface area contributed by atoms with Crippen LogP contribution in [0.3, 0.4) is 0 Å². The Kier molecular flexibility index (Phi) is 5.73. The number of aryl methyl sites for hydroxylation is 1. The van der Waals surface area contributed by atoms with Crippen LogP contribution in [0.25, 0.3) is 22.3 Å². The highest BCUT2D eigenvalue weighted by Crippen LogP contribution is 2.33. The average Bonchev–Trinajstić information content (AvgIpc) is 3.33. The van der Waals surface area contributed by atoms with E-state index in [0.717, 1.165) is 4.47 Å². The smallest absolute Gasteiger partial charge is 0.256 e. The minimum atomic E-state index is -3.17. The molecule has 2 aromatic heterocycles. The van der Waals surface area contributed by atoms with Gasteiger partial charge in [0.05, 0.1) is 39.9 Å². The summed E-state index contributed by atoms with van der Waals surface area (Å²) in [4.78, 5) is 18.1. The Morgan fingerprint density at radius 1 is 1.18 bits per heavy atom. The second-order valence-electron chi connectivity index (χ2n) is 8.28. The number of pyridine rings is 1. The second-order valence-corrected chi connectivity index (χ2v) is 11.4. The third-order valence-electron chi connectivity index (χ3n) is 5.89. The van der Waals surface area contributed by atoms with Crippen molar-refractivity contribution >= 4 is 48.4 Å². The highest BCUT2D eigenvalue weighted by molar-refractivity contribution is 9.10. The fraction of sp³-hybridized carbons (Fsp3) is 0.208. The van der Waals surface area contributed by atoms with Crippen LogP contribution in [0, 0.1) is 12.7 Å². The van der Waals surface area contributed by atoms with Crippen molar-refractivity contribution in [2.24, 2.45) is 0 Å². The third-order valence-corrected chi connectivity index (χ3v) is 8.17. The first-order valence-corrected chi connectivity index (χ1v) is 13.3. The second kappa shape index (κ2) is 8.59. The number of aromatic nitrogens is 3. The van der Waals surface area contributed by atoms with Gasteiger partial charge in [0.15, 0.2) is 15.5 Å². The van der Waals surface area contributed by atoms with Crippen LogP contribution in [0.15, 0.2) is 59.1 Å². The van der Waals surface area contributed by atoms with E-state index in [2.05, 4.69) is 31.3 Å². The Labute approximate surface area is 204 Å². The van der Waals surface area contributed by atoms with Gasteiger partial charge in [-0.1, -0.05) is 28.1 Å². The summed E-state index contributed by atoms with van der Waals surface area (Å²) >= 11 is 3.37. The van der Waals surface area contributed by atoms with Crippen LogP contribution >= 0.6 is 15.9 Å². The van der Waals surface area contributed by atoms with E-state index in [1.807, 2.05) is 12.1 Å². The molecule has 10 heteroatoms. The number of nitrogens with one attached hydrogen (secondary N) is 1. The first kappa shape index (κ1) is 22.7. The summed E-state index contributed by atoms with van der Waals surface area (Å²) in [5.74, 6) is -0.842. The zero-order chi connectivity index (χ0) is 24.0. The van der Waals surface area contributed by atoms with Crippen LogP contribution in [-0.4, -0.2) is 40.6 Å². The quantitative estimate of drug-likeness (QED) is 0.395. The molecule has 1 unspecified atom stereocenters. The van der Waals surface area contributed by atoms with Gasteiger partial charge in [0.2, 0.25) is 0 Å². The predicted molar refractivity (Wildman–Crippen MR) is 132 cm³/mol. The zero-order valence-electron chi connectivity index (χ0n) is 18.1. The largest absolute Gasteiger partial charge is 0.322 e. The molecular formula is C24H20BrFN4O3S. The average molecular weight is 543 g/mol. The number of hydrogen-bond donors (Lipinski definition) is 1. The van der Waals surface area contributed by atoms with Gasteiger partial charge in [-0.2, -0.15) is 5.10 Å². The van der Waals surface area contributed by atoms with Crippen molar-refractivity contribution in [1.29, 1.82) is 0 Å². The number of nitrogens with zero attached hydrogens (tertiary/aromatic N) is 3. The monoisotopic (exact) mass is 542 g/mol. The summed E-state index contributed by atoms with van der Waals surface area (Å²) < 4.78 is 41.3. The fourth-order valence-corrected chi connectivity index (χ4v) is 6.21. The lowest BCUT2D eigenvalue weighted by Gasteiger charge is -2.13. The number of carbonyl (C=O) groups is 1. The van der Waals surface area contributed by atoms with Gasteiger partial charge in [-0.25, -0.2) is 22.5 Å². The van der Waals surface area contributed by atoms with Crippen molar-refractivity contribution in [2.75, 3.05) is 16.8 Å². The third kappa shape index (κ3) is 4.23. The molecule has 2 aromatic carbocycles. The molecule has 0 radical (unpaired) electrons. The molecule has 174 valence electrons. The van der Waals surface area contributed by atoms with Gasteiger partial charge in [0.25, 0.3) is 5.91 Å². The van der Waals surface area contributed by atoms with Gasteiger partial charge in [0, 0.05) is 15.7 Å². The predicted octanol–water partition coefficient (Wildman–Crippen LogP) is 4.92. The molecule has 7 nitrogen and oxygen atoms in total. The fourth-order valence-electron chi connectivity index (χ4n) is 4.25. The molecule has 1 fully saturated rings. The summed E-state index contributed by atoms with van der Waals surface area (Å²) in [5.41, 5.74) is 2.31. The number of benzene rings is 2. The maximum absolute atomic E-state index is 14.7. The molecule has 1 N–H and O–H groups in total. The molecule has 1 aliphatic rings. The molecule has 1 saturated heterocycles. The Morgan fingerprint density at radius 2 is 1.91 bits per heavy atom. The van der Waals surface area contributed by atoms with Gasteiger partial charge in [-0.3, -0.25) is 4.79 Å². The van der Waals surface area contributed by atoms with E-state index in [1.165, 1.54) is 6.07 Å². The van der Waals surface area contributed by atoms with Crippen molar-refractivity contribution in [3.8, 4) is 11.3 Å². The Balaban J connectivity index is 1.69. The van der Waals surface area contributed by atoms with Gasteiger partial charge in [-0.15, -0.1) is 0 Å². The van der Waals surface area contributed by atoms with E-state index in [1.54, 1.807) is 48.0 Å². The number of carbonyl (C=O) groups excluding carboxylic acids is 1. The number of anilines is 1. The lowest BCUT2D eigenvalue weighted by Crippen LogP contribution is -2.15. The Morgan fingerprint density at radius 3 is 2.59 bits per heavy atom. The Hall–Kier alpha value is -3.11. The van der Waals surface area contributed by atoms with Gasteiger partial charge in [0.1, 0.15) is 5.82 Å². The highest BCUT2D eigenvalue weighted by Gasteiger charge is 2.32. The molecule has 0 bridgehead atoms. The molecule has 0 saturated carbocycles. The van der Waals surface area contributed by atoms with E-state index < -0.39 is 27.6 Å². The first-order valence-electron chi connectivity index (χ1n) is 10.6. The van der Waals surface area contributed by atoms with Crippen molar-refractivity contribution < 1.29 is 17.6 Å². The summed E-state index contributed by atoms with van der Waals surface area (Å²) in [7, 11) is -3.17. The molecular weight excluding hydrogens is 523 g/mol.